The molecule has 2 heteroatoms. The van der Waals surface area contributed by atoms with Crippen molar-refractivity contribution in [1.82, 2.24) is 0 Å². The topological polar surface area (TPSA) is 25.2 Å². The minimum absolute atomic E-state index is 0.368. The van der Waals surface area contributed by atoms with Gasteiger partial charge in [-0.15, -0.1) is 0 Å². The minimum atomic E-state index is 0.368. The van der Waals surface area contributed by atoms with E-state index in [4.69, 9.17) is 4.42 Å². The Balaban J connectivity index is 1.57. The number of para-hydroxylation sites is 2. The van der Waals surface area contributed by atoms with Crippen LogP contribution < -0.4 is 5.32 Å². The van der Waals surface area contributed by atoms with Crippen LogP contribution in [0.4, 0.5) is 5.69 Å². The number of hydrogen-bond acceptors (Lipinski definition) is 2. The second kappa shape index (κ2) is 5.12. The summed E-state index contributed by atoms with van der Waals surface area (Å²) in [4.78, 5) is 0. The minimum Gasteiger partial charge on any atom is -0.455 e. The summed E-state index contributed by atoms with van der Waals surface area (Å²) in [6, 6.07) is 21.7. The van der Waals surface area contributed by atoms with Crippen molar-refractivity contribution in [2.75, 3.05) is 5.32 Å². The predicted molar refractivity (Wildman–Crippen MR) is 108 cm³/mol. The molecule has 2 nitrogen and oxygen atoms in total. The highest BCUT2D eigenvalue weighted by atomic mass is 16.3. The Morgan fingerprint density at radius 1 is 0.808 bits per heavy atom. The Labute approximate surface area is 151 Å². The smallest absolute Gasteiger partial charge is 0.143 e. The molecule has 4 aromatic rings. The molecule has 1 N–H and O–H groups in total. The van der Waals surface area contributed by atoms with Gasteiger partial charge in [-0.1, -0.05) is 66.8 Å². The van der Waals surface area contributed by atoms with Crippen LogP contribution in [0.5, 0.6) is 0 Å². The van der Waals surface area contributed by atoms with Crippen LogP contribution >= 0.6 is 0 Å². The average molecular weight is 335 g/mol. The zero-order valence-electron chi connectivity index (χ0n) is 14.1. The van der Waals surface area contributed by atoms with Gasteiger partial charge in [-0.3, -0.25) is 0 Å². The third-order valence-electron chi connectivity index (χ3n) is 5.58. The molecule has 6 rings (SSSR count). The van der Waals surface area contributed by atoms with Crippen molar-refractivity contribution >= 4 is 27.6 Å². The first-order valence-electron chi connectivity index (χ1n) is 9.04. The van der Waals surface area contributed by atoms with Crippen molar-refractivity contribution < 1.29 is 4.42 Å². The van der Waals surface area contributed by atoms with Crippen LogP contribution in [0.2, 0.25) is 0 Å². The van der Waals surface area contributed by atoms with Crippen LogP contribution in [0.3, 0.4) is 0 Å². The van der Waals surface area contributed by atoms with E-state index in [0.29, 0.717) is 12.0 Å². The molecule has 124 valence electrons. The Morgan fingerprint density at radius 2 is 1.69 bits per heavy atom. The molecular formula is C24H17NO. The van der Waals surface area contributed by atoms with Gasteiger partial charge >= 0.3 is 0 Å². The van der Waals surface area contributed by atoms with Crippen LogP contribution in [-0.4, -0.2) is 6.04 Å². The second-order valence-corrected chi connectivity index (χ2v) is 7.05. The maximum atomic E-state index is 6.22. The first kappa shape index (κ1) is 14.0. The maximum absolute atomic E-state index is 6.22. The van der Waals surface area contributed by atoms with E-state index in [2.05, 4.69) is 78.2 Å². The Morgan fingerprint density at radius 3 is 2.69 bits per heavy atom. The zero-order valence-corrected chi connectivity index (χ0v) is 14.1. The molecule has 0 saturated carbocycles. The normalized spacial score (nSPS) is 20.3. The van der Waals surface area contributed by atoms with Crippen LogP contribution in [0.25, 0.3) is 33.1 Å². The van der Waals surface area contributed by atoms with Gasteiger partial charge in [0, 0.05) is 27.9 Å². The lowest BCUT2D eigenvalue weighted by atomic mass is 9.90. The summed E-state index contributed by atoms with van der Waals surface area (Å²) in [6.45, 7) is 0. The molecule has 26 heavy (non-hydrogen) atoms. The van der Waals surface area contributed by atoms with Crippen molar-refractivity contribution in [3.8, 4) is 11.1 Å². The van der Waals surface area contributed by atoms with Gasteiger partial charge in [0.05, 0.1) is 6.04 Å². The van der Waals surface area contributed by atoms with Gasteiger partial charge in [0.1, 0.15) is 11.2 Å². The molecule has 0 spiro atoms. The molecule has 3 aromatic carbocycles. The van der Waals surface area contributed by atoms with Gasteiger partial charge in [0.15, 0.2) is 0 Å². The van der Waals surface area contributed by atoms with E-state index in [0.717, 1.165) is 16.7 Å². The van der Waals surface area contributed by atoms with E-state index in [1.165, 1.54) is 27.6 Å². The van der Waals surface area contributed by atoms with Gasteiger partial charge in [0.25, 0.3) is 0 Å². The molecule has 1 aliphatic carbocycles. The summed E-state index contributed by atoms with van der Waals surface area (Å²) in [5.41, 5.74) is 6.87. The van der Waals surface area contributed by atoms with E-state index in [1.54, 1.807) is 0 Å². The quantitative estimate of drug-likeness (QED) is 0.444. The number of rotatable bonds is 1. The lowest BCUT2D eigenvalue weighted by Gasteiger charge is -2.15. The van der Waals surface area contributed by atoms with E-state index in [1.807, 2.05) is 12.1 Å². The van der Waals surface area contributed by atoms with Crippen LogP contribution in [0.1, 0.15) is 11.5 Å². The Hall–Kier alpha value is -3.26. The molecule has 0 saturated heterocycles. The van der Waals surface area contributed by atoms with E-state index < -0.39 is 0 Å². The summed E-state index contributed by atoms with van der Waals surface area (Å²) < 4.78 is 6.22. The summed E-state index contributed by atoms with van der Waals surface area (Å²) >= 11 is 0. The zero-order chi connectivity index (χ0) is 17.1. The average Bonchev–Trinajstić information content (AvgIpc) is 3.25. The summed E-state index contributed by atoms with van der Waals surface area (Å²) in [6.07, 6.45) is 8.79. The van der Waals surface area contributed by atoms with Crippen molar-refractivity contribution in [3.05, 3.63) is 90.5 Å². The largest absolute Gasteiger partial charge is 0.455 e. The number of benzene rings is 3. The molecule has 2 heterocycles. The van der Waals surface area contributed by atoms with Crippen molar-refractivity contribution in [2.45, 2.75) is 12.0 Å². The van der Waals surface area contributed by atoms with E-state index in [-0.39, 0.29) is 0 Å². The number of nitrogens with one attached hydrogen (secondary N) is 1. The Kier molecular flexibility index (Phi) is 2.75. The highest BCUT2D eigenvalue weighted by molar-refractivity contribution is 6.09. The van der Waals surface area contributed by atoms with Gasteiger partial charge in [0.2, 0.25) is 0 Å². The molecule has 2 aliphatic rings. The summed E-state index contributed by atoms with van der Waals surface area (Å²) in [7, 11) is 0. The molecular weight excluding hydrogens is 318 g/mol. The predicted octanol–water partition coefficient (Wildman–Crippen LogP) is 6.26. The summed E-state index contributed by atoms with van der Waals surface area (Å²) in [5.74, 6) is 0.407. The van der Waals surface area contributed by atoms with Crippen molar-refractivity contribution in [2.24, 2.45) is 0 Å². The van der Waals surface area contributed by atoms with E-state index >= 15 is 0 Å². The molecule has 1 aromatic heterocycles. The first-order chi connectivity index (χ1) is 12.9. The third-order valence-corrected chi connectivity index (χ3v) is 5.58. The fraction of sp³-hybridized carbons (Fsp3) is 0.0833. The fourth-order valence-corrected chi connectivity index (χ4v) is 4.33. The van der Waals surface area contributed by atoms with Crippen LogP contribution in [0, 0.1) is 0 Å². The number of hydrogen-bond donors (Lipinski definition) is 1. The Bertz CT molecular complexity index is 1230. The van der Waals surface area contributed by atoms with Crippen molar-refractivity contribution in [3.63, 3.8) is 0 Å². The lowest BCUT2D eigenvalue weighted by molar-refractivity contribution is 0.670. The van der Waals surface area contributed by atoms with E-state index in [9.17, 15) is 0 Å². The molecule has 0 amide bonds. The number of fused-ring (bicyclic) bond motifs is 6. The molecule has 2 unspecified atom stereocenters. The second-order valence-electron chi connectivity index (χ2n) is 7.05. The maximum Gasteiger partial charge on any atom is 0.143 e. The monoisotopic (exact) mass is 335 g/mol. The number of anilines is 1. The van der Waals surface area contributed by atoms with Crippen LogP contribution in [0.15, 0.2) is 89.4 Å². The van der Waals surface area contributed by atoms with Crippen molar-refractivity contribution in [1.29, 1.82) is 0 Å². The molecule has 0 bridgehead atoms. The standard InChI is InChI=1S/C24H17NO/c1-3-10-21-17(6-1)20-14-15(12-13-22(20)25-21)16-8-5-9-19-18-7-2-4-11-23(18)26-24(16)19/h1-14,17,21,25H. The molecule has 0 radical (unpaired) electrons. The van der Waals surface area contributed by atoms with Gasteiger partial charge in [-0.05, 0) is 29.3 Å². The highest BCUT2D eigenvalue weighted by Crippen LogP contribution is 2.42. The summed E-state index contributed by atoms with van der Waals surface area (Å²) in [5, 5.41) is 5.96. The first-order valence-corrected chi connectivity index (χ1v) is 9.04. The van der Waals surface area contributed by atoms with Crippen LogP contribution in [-0.2, 0) is 0 Å². The van der Waals surface area contributed by atoms with Gasteiger partial charge in [-0.2, -0.15) is 0 Å². The SMILES string of the molecule is C1=CC2Nc3ccc(-c4cccc5c4oc4ccccc45)cc3C2C=C1. The molecule has 2 atom stereocenters. The third kappa shape index (κ3) is 1.87. The molecule has 0 fully saturated rings. The van der Waals surface area contributed by atoms with Gasteiger partial charge < -0.3 is 9.73 Å². The fourth-order valence-electron chi connectivity index (χ4n) is 4.33. The lowest BCUT2D eigenvalue weighted by Crippen LogP contribution is -2.17. The highest BCUT2D eigenvalue weighted by Gasteiger charge is 2.29. The molecule has 1 aliphatic heterocycles. The number of allylic oxidation sites excluding steroid dienone is 2. The number of furan rings is 1. The van der Waals surface area contributed by atoms with Gasteiger partial charge in [-0.25, -0.2) is 0 Å².